The quantitative estimate of drug-likeness (QED) is 0.535. The number of halogens is 2. The zero-order chi connectivity index (χ0) is 11.1. The molecule has 3 rings (SSSR count). The Bertz CT molecular complexity index is 407. The molecule has 0 aliphatic carbocycles. The zero-order valence-corrected chi connectivity index (χ0v) is 14.1. The molecule has 0 aromatic heterocycles. The molecule has 2 nitrogen and oxygen atoms in total. The van der Waals surface area contributed by atoms with Crippen molar-refractivity contribution in [1.82, 2.24) is 0 Å². The summed E-state index contributed by atoms with van der Waals surface area (Å²) in [6, 6.07) is 0. The molecule has 0 N–H and O–H groups in total. The topological polar surface area (TPSA) is 18.5 Å². The Balaban J connectivity index is 1.79. The Morgan fingerprint density at radius 3 is 1.69 bits per heavy atom. The van der Waals surface area contributed by atoms with Crippen LogP contribution in [0.25, 0.3) is 0 Å². The molecular weight excluding hydrogens is 416 g/mol. The molecule has 3 aliphatic heterocycles. The molecule has 0 unspecified atom stereocenters. The fraction of sp³-hybridized carbons (Fsp3) is 0.250. The van der Waals surface area contributed by atoms with Crippen molar-refractivity contribution in [3.05, 3.63) is 26.3 Å². The minimum Gasteiger partial charge on any atom is -0.480 e. The Kier molecular flexibility index (Phi) is 3.86. The lowest BCUT2D eigenvalue weighted by Crippen LogP contribution is -2.08. The van der Waals surface area contributed by atoms with Gasteiger partial charge in [-0.1, -0.05) is 23.5 Å². The highest BCUT2D eigenvalue weighted by Gasteiger charge is 2.32. The average molecular weight is 420 g/mol. The third kappa shape index (κ3) is 2.33. The molecule has 3 aliphatic rings. The van der Waals surface area contributed by atoms with Gasteiger partial charge >= 0.3 is 0 Å². The SMILES string of the molecule is BrC1=C(Br)SC(=C2SC3=C(OCCO3)S2)S1. The van der Waals surface area contributed by atoms with Crippen molar-refractivity contribution >= 4 is 78.9 Å². The standard InChI is InChI=1S/C8H4Br2O2S4/c9-3-4(10)14-7(13-3)8-15-5-6(16-8)12-2-1-11-5/h1-2H2. The van der Waals surface area contributed by atoms with Gasteiger partial charge in [-0.15, -0.1) is 0 Å². The molecule has 0 saturated carbocycles. The first-order chi connectivity index (χ1) is 7.74. The monoisotopic (exact) mass is 418 g/mol. The van der Waals surface area contributed by atoms with E-state index in [0.29, 0.717) is 13.2 Å². The van der Waals surface area contributed by atoms with Gasteiger partial charge in [0.2, 0.25) is 10.2 Å². The van der Waals surface area contributed by atoms with E-state index in [1.807, 2.05) is 0 Å². The summed E-state index contributed by atoms with van der Waals surface area (Å²) in [5, 5.41) is 1.83. The zero-order valence-electron chi connectivity index (χ0n) is 7.62. The van der Waals surface area contributed by atoms with Crippen molar-refractivity contribution in [2.45, 2.75) is 0 Å². The molecule has 0 fully saturated rings. The van der Waals surface area contributed by atoms with Crippen molar-refractivity contribution in [3.8, 4) is 0 Å². The first kappa shape index (κ1) is 12.2. The van der Waals surface area contributed by atoms with Crippen molar-refractivity contribution in [2.24, 2.45) is 0 Å². The summed E-state index contributed by atoms with van der Waals surface area (Å²) in [5.74, 6) is 0. The first-order valence-electron chi connectivity index (χ1n) is 4.25. The molecule has 16 heavy (non-hydrogen) atoms. The van der Waals surface area contributed by atoms with Crippen LogP contribution in [0.1, 0.15) is 0 Å². The molecule has 0 radical (unpaired) electrons. The number of hydrogen-bond donors (Lipinski definition) is 0. The maximum atomic E-state index is 5.55. The first-order valence-corrected chi connectivity index (χ1v) is 9.10. The molecule has 0 bridgehead atoms. The summed E-state index contributed by atoms with van der Waals surface area (Å²) in [5.41, 5.74) is 0. The molecule has 0 saturated heterocycles. The number of rotatable bonds is 0. The third-order valence-electron chi connectivity index (χ3n) is 1.77. The maximum absolute atomic E-state index is 5.55. The van der Waals surface area contributed by atoms with E-state index >= 15 is 0 Å². The third-order valence-corrected chi connectivity index (χ3v) is 9.67. The van der Waals surface area contributed by atoms with Gasteiger partial charge in [0.1, 0.15) is 13.2 Å². The summed E-state index contributed by atoms with van der Waals surface area (Å²) >= 11 is 13.8. The summed E-state index contributed by atoms with van der Waals surface area (Å²) < 4.78 is 15.9. The van der Waals surface area contributed by atoms with Crippen LogP contribution in [-0.2, 0) is 9.47 Å². The lowest BCUT2D eigenvalue weighted by Gasteiger charge is -2.13. The molecule has 0 atom stereocenters. The van der Waals surface area contributed by atoms with Gasteiger partial charge in [0, 0.05) is 0 Å². The van der Waals surface area contributed by atoms with Gasteiger partial charge in [-0.25, -0.2) is 0 Å². The van der Waals surface area contributed by atoms with Crippen LogP contribution in [-0.4, -0.2) is 13.2 Å². The van der Waals surface area contributed by atoms with Crippen LogP contribution < -0.4 is 0 Å². The van der Waals surface area contributed by atoms with E-state index in [4.69, 9.17) is 9.47 Å². The Morgan fingerprint density at radius 1 is 0.750 bits per heavy atom. The second-order valence-corrected chi connectivity index (χ2v) is 9.96. The largest absolute Gasteiger partial charge is 0.480 e. The molecule has 0 spiro atoms. The van der Waals surface area contributed by atoms with Crippen molar-refractivity contribution in [1.29, 1.82) is 0 Å². The molecule has 0 aromatic rings. The van der Waals surface area contributed by atoms with E-state index in [-0.39, 0.29) is 0 Å². The highest BCUT2D eigenvalue weighted by molar-refractivity contribution is 9.17. The number of ether oxygens (including phenoxy) is 2. The number of thioether (sulfide) groups is 4. The minimum absolute atomic E-state index is 0.654. The van der Waals surface area contributed by atoms with Gasteiger partial charge in [-0.2, -0.15) is 0 Å². The Hall–Kier alpha value is 1.18. The summed E-state index contributed by atoms with van der Waals surface area (Å²) in [6.07, 6.45) is 0. The lowest BCUT2D eigenvalue weighted by atomic mass is 10.7. The van der Waals surface area contributed by atoms with Gasteiger partial charge < -0.3 is 9.47 Å². The average Bonchev–Trinajstić information content (AvgIpc) is 2.83. The Labute approximate surface area is 127 Å². The van der Waals surface area contributed by atoms with Crippen LogP contribution in [0.3, 0.4) is 0 Å². The predicted octanol–water partition coefficient (Wildman–Crippen LogP) is 5.16. The molecule has 86 valence electrons. The highest BCUT2D eigenvalue weighted by atomic mass is 79.9. The van der Waals surface area contributed by atoms with Crippen molar-refractivity contribution < 1.29 is 9.47 Å². The van der Waals surface area contributed by atoms with Crippen LogP contribution in [0.4, 0.5) is 0 Å². The fourth-order valence-corrected chi connectivity index (χ4v) is 7.76. The fourth-order valence-electron chi connectivity index (χ4n) is 1.15. The van der Waals surface area contributed by atoms with Crippen LogP contribution in [0, 0.1) is 0 Å². The van der Waals surface area contributed by atoms with Crippen LogP contribution >= 0.6 is 78.9 Å². The van der Waals surface area contributed by atoms with Crippen molar-refractivity contribution in [2.75, 3.05) is 13.2 Å². The van der Waals surface area contributed by atoms with Gasteiger partial charge in [0.05, 0.1) is 16.1 Å². The lowest BCUT2D eigenvalue weighted by molar-refractivity contribution is 0.0949. The summed E-state index contributed by atoms with van der Waals surface area (Å²) in [7, 11) is 0. The van der Waals surface area contributed by atoms with E-state index in [1.54, 1.807) is 47.0 Å². The van der Waals surface area contributed by atoms with Gasteiger partial charge in [0.25, 0.3) is 0 Å². The van der Waals surface area contributed by atoms with Gasteiger partial charge in [-0.05, 0) is 55.4 Å². The van der Waals surface area contributed by atoms with Crippen LogP contribution in [0.15, 0.2) is 26.3 Å². The van der Waals surface area contributed by atoms with E-state index in [2.05, 4.69) is 31.9 Å². The van der Waals surface area contributed by atoms with E-state index in [1.165, 1.54) is 8.47 Å². The normalized spacial score (nSPS) is 24.9. The highest BCUT2D eigenvalue weighted by Crippen LogP contribution is 2.62. The van der Waals surface area contributed by atoms with E-state index < -0.39 is 0 Å². The van der Waals surface area contributed by atoms with Crippen LogP contribution in [0.5, 0.6) is 0 Å². The minimum atomic E-state index is 0.654. The molecule has 3 heterocycles. The van der Waals surface area contributed by atoms with Gasteiger partial charge in [-0.3, -0.25) is 0 Å². The molecule has 0 amide bonds. The van der Waals surface area contributed by atoms with E-state index in [0.717, 1.165) is 17.8 Å². The maximum Gasteiger partial charge on any atom is 0.208 e. The summed E-state index contributed by atoms with van der Waals surface area (Å²) in [4.78, 5) is 0. The summed E-state index contributed by atoms with van der Waals surface area (Å²) in [6.45, 7) is 1.31. The smallest absolute Gasteiger partial charge is 0.208 e. The molecule has 0 aromatic carbocycles. The molecular formula is C8H4Br2O2S4. The van der Waals surface area contributed by atoms with Crippen LogP contribution in [0.2, 0.25) is 0 Å². The molecule has 8 heteroatoms. The Morgan fingerprint density at radius 2 is 1.19 bits per heavy atom. The second-order valence-electron chi connectivity index (χ2n) is 2.80. The van der Waals surface area contributed by atoms with Crippen molar-refractivity contribution in [3.63, 3.8) is 0 Å². The van der Waals surface area contributed by atoms with Gasteiger partial charge in [0.15, 0.2) is 0 Å². The second kappa shape index (κ2) is 5.05. The van der Waals surface area contributed by atoms with E-state index in [9.17, 15) is 0 Å². The number of hydrogen-bond acceptors (Lipinski definition) is 6. The predicted molar refractivity (Wildman–Crippen MR) is 81.2 cm³/mol.